The van der Waals surface area contributed by atoms with Crippen LogP contribution in [0.25, 0.3) is 11.0 Å². The number of benzene rings is 1. The zero-order valence-electron chi connectivity index (χ0n) is 7.42. The van der Waals surface area contributed by atoms with Crippen LogP contribution < -0.4 is 0 Å². The van der Waals surface area contributed by atoms with Crippen molar-refractivity contribution in [3.63, 3.8) is 0 Å². The summed E-state index contributed by atoms with van der Waals surface area (Å²) in [5, 5.41) is 4.94. The molecule has 0 saturated carbocycles. The fourth-order valence-corrected chi connectivity index (χ4v) is 2.10. The fraction of sp³-hybridized carbons (Fsp3) is 0.364. The molecule has 0 spiro atoms. The third-order valence-corrected chi connectivity index (χ3v) is 2.82. The predicted octanol–water partition coefficient (Wildman–Crippen LogP) is 2.71. The van der Waals surface area contributed by atoms with Gasteiger partial charge in [0.2, 0.25) is 0 Å². The lowest BCUT2D eigenvalue weighted by Crippen LogP contribution is -2.01. The molecule has 1 aliphatic rings. The third kappa shape index (κ3) is 1.05. The van der Waals surface area contributed by atoms with Crippen molar-refractivity contribution in [2.45, 2.75) is 25.7 Å². The summed E-state index contributed by atoms with van der Waals surface area (Å²) in [5.41, 5.74) is 3.87. The van der Waals surface area contributed by atoms with E-state index < -0.39 is 0 Å². The number of fused-ring (bicyclic) bond motifs is 2. The second-order valence-electron chi connectivity index (χ2n) is 3.69. The van der Waals surface area contributed by atoms with E-state index in [2.05, 4.69) is 17.3 Å². The van der Waals surface area contributed by atoms with E-state index in [-0.39, 0.29) is 0 Å². The molecule has 66 valence electrons. The Kier molecular flexibility index (Phi) is 1.42. The van der Waals surface area contributed by atoms with Gasteiger partial charge in [-0.1, -0.05) is 5.16 Å². The SMILES string of the molecule is c1noc2cc3c(cc12)CCCC3. The lowest BCUT2D eigenvalue weighted by molar-refractivity contribution is 0.456. The maximum Gasteiger partial charge on any atom is 0.167 e. The van der Waals surface area contributed by atoms with Crippen LogP contribution in [0.4, 0.5) is 0 Å². The van der Waals surface area contributed by atoms with Crippen molar-refractivity contribution in [1.29, 1.82) is 0 Å². The molecular weight excluding hydrogens is 162 g/mol. The van der Waals surface area contributed by atoms with Gasteiger partial charge in [-0.2, -0.15) is 0 Å². The van der Waals surface area contributed by atoms with E-state index in [0.29, 0.717) is 0 Å². The van der Waals surface area contributed by atoms with Gasteiger partial charge < -0.3 is 4.52 Å². The van der Waals surface area contributed by atoms with E-state index in [9.17, 15) is 0 Å². The van der Waals surface area contributed by atoms with Gasteiger partial charge in [0.25, 0.3) is 0 Å². The minimum Gasteiger partial charge on any atom is -0.356 e. The highest BCUT2D eigenvalue weighted by Gasteiger charge is 2.11. The minimum absolute atomic E-state index is 0.931. The highest BCUT2D eigenvalue weighted by atomic mass is 16.5. The molecule has 1 aromatic heterocycles. The van der Waals surface area contributed by atoms with Crippen LogP contribution in [0.1, 0.15) is 24.0 Å². The van der Waals surface area contributed by atoms with E-state index >= 15 is 0 Å². The van der Waals surface area contributed by atoms with Crippen LogP contribution in [-0.4, -0.2) is 5.16 Å². The van der Waals surface area contributed by atoms with Crippen molar-refractivity contribution in [3.8, 4) is 0 Å². The molecule has 0 saturated heterocycles. The summed E-state index contributed by atoms with van der Waals surface area (Å²) >= 11 is 0. The third-order valence-electron chi connectivity index (χ3n) is 2.82. The van der Waals surface area contributed by atoms with Crippen LogP contribution in [0.3, 0.4) is 0 Å². The molecule has 0 fully saturated rings. The lowest BCUT2D eigenvalue weighted by atomic mass is 9.91. The summed E-state index contributed by atoms with van der Waals surface area (Å²) in [6.45, 7) is 0. The quantitative estimate of drug-likeness (QED) is 0.612. The molecule has 0 aliphatic heterocycles. The molecule has 0 radical (unpaired) electrons. The zero-order valence-corrected chi connectivity index (χ0v) is 7.42. The van der Waals surface area contributed by atoms with Crippen LogP contribution in [0.5, 0.6) is 0 Å². The van der Waals surface area contributed by atoms with Crippen molar-refractivity contribution in [1.82, 2.24) is 5.16 Å². The molecule has 0 N–H and O–H groups in total. The smallest absolute Gasteiger partial charge is 0.167 e. The summed E-state index contributed by atoms with van der Waals surface area (Å²) in [6.07, 6.45) is 6.85. The average Bonchev–Trinajstić information content (AvgIpc) is 2.61. The normalized spacial score (nSPS) is 16.0. The van der Waals surface area contributed by atoms with Gasteiger partial charge in [0.1, 0.15) is 0 Å². The van der Waals surface area contributed by atoms with E-state index in [1.54, 1.807) is 6.20 Å². The number of aryl methyl sites for hydroxylation is 2. The van der Waals surface area contributed by atoms with Crippen LogP contribution in [0.15, 0.2) is 22.9 Å². The van der Waals surface area contributed by atoms with Crippen LogP contribution in [-0.2, 0) is 12.8 Å². The van der Waals surface area contributed by atoms with Crippen LogP contribution in [0.2, 0.25) is 0 Å². The molecule has 1 heterocycles. The van der Waals surface area contributed by atoms with Gasteiger partial charge in [0, 0.05) is 5.39 Å². The zero-order chi connectivity index (χ0) is 8.67. The number of hydrogen-bond donors (Lipinski definition) is 0. The summed E-state index contributed by atoms with van der Waals surface area (Å²) in [7, 11) is 0. The van der Waals surface area contributed by atoms with Crippen LogP contribution in [0, 0.1) is 0 Å². The molecular formula is C11H11NO. The minimum atomic E-state index is 0.931. The Hall–Kier alpha value is -1.31. The molecule has 2 nitrogen and oxygen atoms in total. The molecule has 0 bridgehead atoms. The maximum atomic E-state index is 5.13. The van der Waals surface area contributed by atoms with Gasteiger partial charge in [-0.25, -0.2) is 0 Å². The second-order valence-corrected chi connectivity index (χ2v) is 3.69. The summed E-state index contributed by atoms with van der Waals surface area (Å²) in [5.74, 6) is 0. The van der Waals surface area contributed by atoms with E-state index in [1.165, 1.54) is 36.8 Å². The molecule has 0 atom stereocenters. The number of nitrogens with zero attached hydrogens (tertiary/aromatic N) is 1. The van der Waals surface area contributed by atoms with Crippen molar-refractivity contribution >= 4 is 11.0 Å². The Balaban J connectivity index is 2.28. The van der Waals surface area contributed by atoms with E-state index in [1.807, 2.05) is 0 Å². The van der Waals surface area contributed by atoms with Crippen molar-refractivity contribution in [3.05, 3.63) is 29.5 Å². The molecule has 0 unspecified atom stereocenters. The van der Waals surface area contributed by atoms with Gasteiger partial charge in [-0.3, -0.25) is 0 Å². The summed E-state index contributed by atoms with van der Waals surface area (Å²) < 4.78 is 5.13. The van der Waals surface area contributed by atoms with Gasteiger partial charge >= 0.3 is 0 Å². The largest absolute Gasteiger partial charge is 0.356 e. The van der Waals surface area contributed by atoms with E-state index in [0.717, 1.165) is 11.0 Å². The molecule has 1 aromatic carbocycles. The Morgan fingerprint density at radius 3 is 2.69 bits per heavy atom. The van der Waals surface area contributed by atoms with Gasteiger partial charge in [0.15, 0.2) is 5.58 Å². The molecule has 2 aromatic rings. The van der Waals surface area contributed by atoms with E-state index in [4.69, 9.17) is 4.52 Å². The first-order chi connectivity index (χ1) is 6.43. The Bertz CT molecular complexity index is 404. The first-order valence-corrected chi connectivity index (χ1v) is 4.80. The van der Waals surface area contributed by atoms with Gasteiger partial charge in [-0.05, 0) is 48.9 Å². The Labute approximate surface area is 76.5 Å². The average molecular weight is 173 g/mol. The van der Waals surface area contributed by atoms with Crippen LogP contribution >= 0.6 is 0 Å². The molecule has 1 aliphatic carbocycles. The highest BCUT2D eigenvalue weighted by Crippen LogP contribution is 2.26. The molecule has 0 amide bonds. The topological polar surface area (TPSA) is 26.0 Å². The maximum absolute atomic E-state index is 5.13. The number of hydrogen-bond acceptors (Lipinski definition) is 2. The van der Waals surface area contributed by atoms with Crippen molar-refractivity contribution in [2.75, 3.05) is 0 Å². The number of rotatable bonds is 0. The number of aromatic nitrogens is 1. The molecule has 3 rings (SSSR count). The summed E-state index contributed by atoms with van der Waals surface area (Å²) in [6, 6.07) is 4.37. The highest BCUT2D eigenvalue weighted by molar-refractivity contribution is 5.77. The second kappa shape index (κ2) is 2.59. The summed E-state index contributed by atoms with van der Waals surface area (Å²) in [4.78, 5) is 0. The predicted molar refractivity (Wildman–Crippen MR) is 50.7 cm³/mol. The Morgan fingerprint density at radius 1 is 1.08 bits per heavy atom. The standard InChI is InChI=1S/C11H11NO/c1-2-4-9-6-11-10(7-12-13-11)5-8(9)3-1/h5-7H,1-4H2. The first-order valence-electron chi connectivity index (χ1n) is 4.80. The van der Waals surface area contributed by atoms with Crippen molar-refractivity contribution in [2.24, 2.45) is 0 Å². The molecule has 2 heteroatoms. The Morgan fingerprint density at radius 2 is 1.85 bits per heavy atom. The first kappa shape index (κ1) is 7.13. The van der Waals surface area contributed by atoms with Gasteiger partial charge in [-0.15, -0.1) is 0 Å². The lowest BCUT2D eigenvalue weighted by Gasteiger charge is -2.14. The van der Waals surface area contributed by atoms with Crippen molar-refractivity contribution < 1.29 is 4.52 Å². The molecule has 13 heavy (non-hydrogen) atoms. The monoisotopic (exact) mass is 173 g/mol. The van der Waals surface area contributed by atoms with Gasteiger partial charge in [0.05, 0.1) is 6.20 Å². The fourth-order valence-electron chi connectivity index (χ4n) is 2.10.